The number of aromatic amines is 1. The Hall–Kier alpha value is -2.34. The van der Waals surface area contributed by atoms with Crippen LogP contribution >= 0.6 is 0 Å². The van der Waals surface area contributed by atoms with E-state index in [4.69, 9.17) is 5.73 Å². The molecule has 0 saturated carbocycles. The number of nitrogen functional groups attached to an aromatic ring is 1. The van der Waals surface area contributed by atoms with Gasteiger partial charge in [0.05, 0.1) is 29.2 Å². The zero-order valence-corrected chi connectivity index (χ0v) is 11.6. The van der Waals surface area contributed by atoms with Gasteiger partial charge in [0.2, 0.25) is 0 Å². The van der Waals surface area contributed by atoms with E-state index in [1.165, 1.54) is 0 Å². The summed E-state index contributed by atoms with van der Waals surface area (Å²) in [5, 5.41) is 11.6. The molecule has 1 aromatic carbocycles. The van der Waals surface area contributed by atoms with Gasteiger partial charge in [-0.3, -0.25) is 0 Å². The molecular weight excluding hydrogens is 266 g/mol. The number of para-hydroxylation sites is 1. The topological polar surface area (TPSA) is 91.1 Å². The number of benzene rings is 1. The lowest BCUT2D eigenvalue weighted by Gasteiger charge is -2.24. The third-order valence-electron chi connectivity index (χ3n) is 4.30. The molecule has 6 nitrogen and oxygen atoms in total. The van der Waals surface area contributed by atoms with Crippen molar-refractivity contribution < 1.29 is 5.11 Å². The number of aromatic nitrogens is 3. The molecule has 2 aromatic heterocycles. The first-order valence-electron chi connectivity index (χ1n) is 7.18. The largest absolute Gasteiger partial charge is 0.397 e. The second-order valence-corrected chi connectivity index (χ2v) is 5.49. The van der Waals surface area contributed by atoms with Crippen molar-refractivity contribution >= 4 is 33.4 Å². The molecule has 1 fully saturated rings. The van der Waals surface area contributed by atoms with E-state index in [0.717, 1.165) is 47.1 Å². The summed E-state index contributed by atoms with van der Waals surface area (Å²) in [6.45, 7) is 1.06. The van der Waals surface area contributed by atoms with Gasteiger partial charge < -0.3 is 20.7 Å². The summed E-state index contributed by atoms with van der Waals surface area (Å²) in [5.41, 5.74) is 8.43. The summed E-state index contributed by atoms with van der Waals surface area (Å²) in [7, 11) is 0. The summed E-state index contributed by atoms with van der Waals surface area (Å²) >= 11 is 0. The summed E-state index contributed by atoms with van der Waals surface area (Å²) in [4.78, 5) is 14.3. The zero-order valence-electron chi connectivity index (χ0n) is 11.6. The summed E-state index contributed by atoms with van der Waals surface area (Å²) in [6.07, 6.45) is 3.63. The molecule has 1 unspecified atom stereocenters. The number of nitrogens with zero attached hydrogens (tertiary/aromatic N) is 3. The molecule has 108 valence electrons. The van der Waals surface area contributed by atoms with E-state index in [9.17, 15) is 5.11 Å². The molecule has 0 aliphatic carbocycles. The highest BCUT2D eigenvalue weighted by atomic mass is 16.3. The number of hydrogen-bond donors (Lipinski definition) is 3. The molecule has 3 aromatic rings. The van der Waals surface area contributed by atoms with Gasteiger partial charge in [-0.05, 0) is 18.9 Å². The van der Waals surface area contributed by atoms with Crippen LogP contribution in [-0.4, -0.2) is 39.3 Å². The number of rotatable bonds is 2. The fourth-order valence-electron chi connectivity index (χ4n) is 3.28. The Bertz CT molecular complexity index is 812. The average molecular weight is 283 g/mol. The van der Waals surface area contributed by atoms with Crippen LogP contribution in [0.4, 0.5) is 11.5 Å². The minimum atomic E-state index is 0.133. The molecule has 4 rings (SSSR count). The normalized spacial score (nSPS) is 18.9. The van der Waals surface area contributed by atoms with Crippen LogP contribution < -0.4 is 10.6 Å². The molecule has 0 bridgehead atoms. The molecule has 1 aliphatic heterocycles. The van der Waals surface area contributed by atoms with Crippen molar-refractivity contribution in [2.24, 2.45) is 0 Å². The van der Waals surface area contributed by atoms with Crippen molar-refractivity contribution in [1.82, 2.24) is 15.0 Å². The van der Waals surface area contributed by atoms with Gasteiger partial charge in [-0.1, -0.05) is 12.1 Å². The van der Waals surface area contributed by atoms with Crippen molar-refractivity contribution in [3.8, 4) is 0 Å². The Morgan fingerprint density at radius 2 is 2.29 bits per heavy atom. The second-order valence-electron chi connectivity index (χ2n) is 5.49. The van der Waals surface area contributed by atoms with E-state index in [1.807, 2.05) is 18.2 Å². The molecule has 0 spiro atoms. The van der Waals surface area contributed by atoms with Crippen molar-refractivity contribution in [2.75, 3.05) is 23.8 Å². The van der Waals surface area contributed by atoms with Crippen LogP contribution in [0, 0.1) is 0 Å². The smallest absolute Gasteiger partial charge is 0.144 e. The van der Waals surface area contributed by atoms with Gasteiger partial charge in [0.1, 0.15) is 17.8 Å². The second kappa shape index (κ2) is 4.60. The van der Waals surface area contributed by atoms with E-state index in [-0.39, 0.29) is 12.6 Å². The molecular formula is C15H17N5O. The SMILES string of the molecule is Nc1cccc2c1[nH]c1ncnc(N3CCCC3CO)c12. The number of nitrogens with two attached hydrogens (primary N) is 1. The van der Waals surface area contributed by atoms with Crippen molar-refractivity contribution in [1.29, 1.82) is 0 Å². The molecule has 1 aliphatic rings. The van der Waals surface area contributed by atoms with Crippen LogP contribution in [-0.2, 0) is 0 Å². The molecule has 4 N–H and O–H groups in total. The minimum Gasteiger partial charge on any atom is -0.397 e. The summed E-state index contributed by atoms with van der Waals surface area (Å²) in [5.74, 6) is 0.883. The molecule has 1 saturated heterocycles. The molecule has 0 amide bonds. The predicted molar refractivity (Wildman–Crippen MR) is 83.3 cm³/mol. The molecule has 3 heterocycles. The first-order valence-corrected chi connectivity index (χ1v) is 7.18. The highest BCUT2D eigenvalue weighted by Gasteiger charge is 2.27. The maximum absolute atomic E-state index is 9.56. The standard InChI is InChI=1S/C15H17N5O/c16-11-5-1-4-10-12-14(19-13(10)11)17-8-18-15(12)20-6-2-3-9(20)7-21/h1,4-5,8-9,21H,2-3,6-7,16H2,(H,17,18,19). The van der Waals surface area contributed by atoms with Crippen LogP contribution in [0.1, 0.15) is 12.8 Å². The number of H-pyrrole nitrogens is 1. The van der Waals surface area contributed by atoms with Crippen molar-refractivity contribution in [3.05, 3.63) is 24.5 Å². The molecule has 1 atom stereocenters. The van der Waals surface area contributed by atoms with Crippen LogP contribution in [0.3, 0.4) is 0 Å². The first-order chi connectivity index (χ1) is 10.3. The number of nitrogens with one attached hydrogen (secondary N) is 1. The molecule has 21 heavy (non-hydrogen) atoms. The number of fused-ring (bicyclic) bond motifs is 3. The average Bonchev–Trinajstić information content (AvgIpc) is 3.11. The van der Waals surface area contributed by atoms with E-state index in [2.05, 4.69) is 19.9 Å². The number of hydrogen-bond acceptors (Lipinski definition) is 5. The lowest BCUT2D eigenvalue weighted by atomic mass is 10.1. The van der Waals surface area contributed by atoms with Crippen molar-refractivity contribution in [3.63, 3.8) is 0 Å². The molecule has 6 heteroatoms. The fraction of sp³-hybridized carbons (Fsp3) is 0.333. The van der Waals surface area contributed by atoms with E-state index in [0.29, 0.717) is 5.69 Å². The van der Waals surface area contributed by atoms with Crippen LogP contribution in [0.25, 0.3) is 21.9 Å². The Kier molecular flexibility index (Phi) is 2.71. The highest BCUT2D eigenvalue weighted by molar-refractivity contribution is 6.14. The Labute approximate surface area is 121 Å². The van der Waals surface area contributed by atoms with Gasteiger partial charge in [0.15, 0.2) is 0 Å². The van der Waals surface area contributed by atoms with Crippen LogP contribution in [0.15, 0.2) is 24.5 Å². The van der Waals surface area contributed by atoms with Gasteiger partial charge in [-0.2, -0.15) is 0 Å². The maximum Gasteiger partial charge on any atom is 0.144 e. The van der Waals surface area contributed by atoms with E-state index >= 15 is 0 Å². The van der Waals surface area contributed by atoms with Crippen LogP contribution in [0.5, 0.6) is 0 Å². The van der Waals surface area contributed by atoms with Gasteiger partial charge in [0.25, 0.3) is 0 Å². The molecule has 0 radical (unpaired) electrons. The van der Waals surface area contributed by atoms with Crippen LogP contribution in [0.2, 0.25) is 0 Å². The quantitative estimate of drug-likeness (QED) is 0.622. The van der Waals surface area contributed by atoms with Gasteiger partial charge >= 0.3 is 0 Å². The first kappa shape index (κ1) is 12.4. The van der Waals surface area contributed by atoms with E-state index in [1.54, 1.807) is 6.33 Å². The third kappa shape index (κ3) is 1.76. The fourth-order valence-corrected chi connectivity index (χ4v) is 3.28. The third-order valence-corrected chi connectivity index (χ3v) is 4.30. The minimum absolute atomic E-state index is 0.133. The Morgan fingerprint density at radius 1 is 1.38 bits per heavy atom. The monoisotopic (exact) mass is 283 g/mol. The van der Waals surface area contributed by atoms with Gasteiger partial charge in [-0.25, -0.2) is 9.97 Å². The highest BCUT2D eigenvalue weighted by Crippen LogP contribution is 2.35. The Balaban J connectivity index is 2.01. The Morgan fingerprint density at radius 3 is 3.14 bits per heavy atom. The zero-order chi connectivity index (χ0) is 14.4. The lowest BCUT2D eigenvalue weighted by molar-refractivity contribution is 0.266. The lowest BCUT2D eigenvalue weighted by Crippen LogP contribution is -2.32. The van der Waals surface area contributed by atoms with Crippen molar-refractivity contribution in [2.45, 2.75) is 18.9 Å². The summed E-state index contributed by atoms with van der Waals surface area (Å²) in [6, 6.07) is 5.97. The van der Waals surface area contributed by atoms with E-state index < -0.39 is 0 Å². The van der Waals surface area contributed by atoms with Gasteiger partial charge in [0, 0.05) is 11.9 Å². The number of anilines is 2. The maximum atomic E-state index is 9.56. The number of aliphatic hydroxyl groups excluding tert-OH is 1. The number of aliphatic hydroxyl groups is 1. The van der Waals surface area contributed by atoms with Gasteiger partial charge in [-0.15, -0.1) is 0 Å². The summed E-state index contributed by atoms with van der Waals surface area (Å²) < 4.78 is 0. The predicted octanol–water partition coefficient (Wildman–Crippen LogP) is 1.65.